The lowest BCUT2D eigenvalue weighted by molar-refractivity contribution is 0.107. The Bertz CT molecular complexity index is 345. The molecule has 0 spiro atoms. The fraction of sp³-hybridized carbons (Fsp3) is 0.700. The van der Waals surface area contributed by atoms with Crippen LogP contribution in [0.5, 0.6) is 0 Å². The highest BCUT2D eigenvalue weighted by molar-refractivity contribution is 5.30. The van der Waals surface area contributed by atoms with Gasteiger partial charge in [-0.15, -0.1) is 0 Å². The van der Waals surface area contributed by atoms with Gasteiger partial charge in [0.15, 0.2) is 0 Å². The first-order valence-electron chi connectivity index (χ1n) is 4.96. The molecule has 0 unspecified atom stereocenters. The lowest BCUT2D eigenvalue weighted by Gasteiger charge is -2.25. The second-order valence-electron chi connectivity index (χ2n) is 4.31. The molecule has 3 atom stereocenters. The highest BCUT2D eigenvalue weighted by Crippen LogP contribution is 2.45. The molecule has 0 amide bonds. The number of aliphatic hydroxyl groups excluding tert-OH is 1. The molecule has 1 saturated carbocycles. The summed E-state index contributed by atoms with van der Waals surface area (Å²) in [7, 11) is 2.00. The first-order valence-corrected chi connectivity index (χ1v) is 4.96. The van der Waals surface area contributed by atoms with Crippen LogP contribution in [0.3, 0.4) is 0 Å². The number of nitrogens with zero attached hydrogens (tertiary/aromatic N) is 2. The Kier molecular flexibility index (Phi) is 1.37. The van der Waals surface area contributed by atoms with Crippen molar-refractivity contribution in [1.29, 1.82) is 0 Å². The molecule has 1 aromatic heterocycles. The monoisotopic (exact) mass is 178 g/mol. The summed E-state index contributed by atoms with van der Waals surface area (Å²) < 4.78 is 1.96. The summed E-state index contributed by atoms with van der Waals surface area (Å²) in [6.45, 7) is 0. The van der Waals surface area contributed by atoms with Gasteiger partial charge < -0.3 is 5.11 Å². The predicted octanol–water partition coefficient (Wildman–Crippen LogP) is 0.831. The number of fused-ring (bicyclic) bond motifs is 4. The molecule has 0 radical (unpaired) electrons. The van der Waals surface area contributed by atoms with E-state index < -0.39 is 0 Å². The van der Waals surface area contributed by atoms with Gasteiger partial charge in [-0.25, -0.2) is 0 Å². The average Bonchev–Trinajstić information content (AvgIpc) is 2.59. The summed E-state index contributed by atoms with van der Waals surface area (Å²) in [5, 5.41) is 14.2. The third-order valence-corrected chi connectivity index (χ3v) is 3.69. The van der Waals surface area contributed by atoms with Crippen LogP contribution in [0.25, 0.3) is 0 Å². The Balaban J connectivity index is 2.13. The molecule has 13 heavy (non-hydrogen) atoms. The molecule has 1 fully saturated rings. The van der Waals surface area contributed by atoms with Gasteiger partial charge in [0.2, 0.25) is 0 Å². The lowest BCUT2D eigenvalue weighted by atomic mass is 9.85. The predicted molar refractivity (Wildman–Crippen MR) is 48.4 cm³/mol. The van der Waals surface area contributed by atoms with Crippen molar-refractivity contribution in [3.8, 4) is 0 Å². The van der Waals surface area contributed by atoms with Gasteiger partial charge in [0.05, 0.1) is 12.3 Å². The van der Waals surface area contributed by atoms with Gasteiger partial charge in [0, 0.05) is 18.7 Å². The molecule has 0 aromatic carbocycles. The molecule has 1 heterocycles. The van der Waals surface area contributed by atoms with Crippen molar-refractivity contribution >= 4 is 0 Å². The number of aryl methyl sites for hydroxylation is 1. The Morgan fingerprint density at radius 1 is 1.54 bits per heavy atom. The van der Waals surface area contributed by atoms with Crippen LogP contribution in [0.2, 0.25) is 0 Å². The molecule has 2 aliphatic rings. The van der Waals surface area contributed by atoms with Crippen LogP contribution in [0.15, 0.2) is 6.20 Å². The van der Waals surface area contributed by atoms with Crippen LogP contribution < -0.4 is 0 Å². The summed E-state index contributed by atoms with van der Waals surface area (Å²) in [6, 6.07) is 0. The largest absolute Gasteiger partial charge is 0.392 e. The van der Waals surface area contributed by atoms with Crippen LogP contribution >= 0.6 is 0 Å². The number of hydrogen-bond donors (Lipinski definition) is 1. The topological polar surface area (TPSA) is 38.0 Å². The van der Waals surface area contributed by atoms with Crippen molar-refractivity contribution in [2.45, 2.75) is 31.3 Å². The summed E-state index contributed by atoms with van der Waals surface area (Å²) in [5.74, 6) is 0.871. The van der Waals surface area contributed by atoms with E-state index in [-0.39, 0.29) is 6.10 Å². The molecule has 70 valence electrons. The standard InChI is InChI=1S/C10H14N2O/c1-12-9-4-6-2-3-7(10(6)13)8(9)5-11-12/h5-7,10,13H,2-4H2,1H3/t6-,7-,10+/m1/s1. The van der Waals surface area contributed by atoms with Crippen molar-refractivity contribution in [2.24, 2.45) is 13.0 Å². The zero-order chi connectivity index (χ0) is 9.00. The molecule has 0 saturated heterocycles. The quantitative estimate of drug-likeness (QED) is 0.639. The summed E-state index contributed by atoms with van der Waals surface area (Å²) in [4.78, 5) is 0. The molecule has 3 rings (SSSR count). The van der Waals surface area contributed by atoms with Gasteiger partial charge in [-0.05, 0) is 30.7 Å². The molecule has 0 aliphatic heterocycles. The van der Waals surface area contributed by atoms with Crippen LogP contribution in [-0.4, -0.2) is 21.0 Å². The van der Waals surface area contributed by atoms with Crippen molar-refractivity contribution in [3.05, 3.63) is 17.5 Å². The fourth-order valence-electron chi connectivity index (χ4n) is 2.91. The maximum atomic E-state index is 9.93. The number of aromatic nitrogens is 2. The summed E-state index contributed by atoms with van der Waals surface area (Å²) >= 11 is 0. The Hall–Kier alpha value is -0.830. The molecule has 1 N–H and O–H groups in total. The molecule has 2 aliphatic carbocycles. The van der Waals surface area contributed by atoms with Crippen LogP contribution in [0.4, 0.5) is 0 Å². The first kappa shape index (κ1) is 7.56. The molecule has 2 bridgehead atoms. The molecular formula is C10H14N2O. The summed E-state index contributed by atoms with van der Waals surface area (Å²) in [5.41, 5.74) is 2.64. The maximum absolute atomic E-state index is 9.93. The van der Waals surface area contributed by atoms with E-state index in [1.807, 2.05) is 17.9 Å². The third kappa shape index (κ3) is 0.854. The van der Waals surface area contributed by atoms with Gasteiger partial charge in [-0.3, -0.25) is 4.68 Å². The maximum Gasteiger partial charge on any atom is 0.0641 e. The highest BCUT2D eigenvalue weighted by Gasteiger charge is 2.42. The Labute approximate surface area is 77.4 Å². The van der Waals surface area contributed by atoms with E-state index in [9.17, 15) is 5.11 Å². The Morgan fingerprint density at radius 3 is 3.23 bits per heavy atom. The third-order valence-electron chi connectivity index (χ3n) is 3.69. The minimum atomic E-state index is -0.100. The van der Waals surface area contributed by atoms with Crippen molar-refractivity contribution in [3.63, 3.8) is 0 Å². The van der Waals surface area contributed by atoms with E-state index in [1.54, 1.807) is 0 Å². The van der Waals surface area contributed by atoms with E-state index in [0.29, 0.717) is 11.8 Å². The number of hydrogen-bond acceptors (Lipinski definition) is 2. The highest BCUT2D eigenvalue weighted by atomic mass is 16.3. The average molecular weight is 178 g/mol. The van der Waals surface area contributed by atoms with Gasteiger partial charge in [0.1, 0.15) is 0 Å². The van der Waals surface area contributed by atoms with Crippen molar-refractivity contribution in [1.82, 2.24) is 9.78 Å². The van der Waals surface area contributed by atoms with Gasteiger partial charge in [0.25, 0.3) is 0 Å². The number of rotatable bonds is 0. The van der Waals surface area contributed by atoms with Crippen LogP contribution in [0.1, 0.15) is 30.0 Å². The van der Waals surface area contributed by atoms with Gasteiger partial charge >= 0.3 is 0 Å². The minimum absolute atomic E-state index is 0.100. The van der Waals surface area contributed by atoms with Gasteiger partial charge in [-0.1, -0.05) is 0 Å². The van der Waals surface area contributed by atoms with Gasteiger partial charge in [-0.2, -0.15) is 5.10 Å². The minimum Gasteiger partial charge on any atom is -0.392 e. The molecule has 3 nitrogen and oxygen atoms in total. The van der Waals surface area contributed by atoms with E-state index in [2.05, 4.69) is 5.10 Å². The molecule has 3 heteroatoms. The first-order chi connectivity index (χ1) is 6.27. The fourth-order valence-corrected chi connectivity index (χ4v) is 2.91. The second-order valence-corrected chi connectivity index (χ2v) is 4.31. The molecular weight excluding hydrogens is 164 g/mol. The van der Waals surface area contributed by atoms with Crippen LogP contribution in [0, 0.1) is 5.92 Å². The lowest BCUT2D eigenvalue weighted by Crippen LogP contribution is -2.27. The van der Waals surface area contributed by atoms with Crippen molar-refractivity contribution < 1.29 is 5.11 Å². The second kappa shape index (κ2) is 2.35. The van der Waals surface area contributed by atoms with E-state index in [4.69, 9.17) is 0 Å². The van der Waals surface area contributed by atoms with E-state index >= 15 is 0 Å². The zero-order valence-corrected chi connectivity index (χ0v) is 7.77. The van der Waals surface area contributed by atoms with Crippen LogP contribution in [-0.2, 0) is 13.5 Å². The normalized spacial score (nSPS) is 36.3. The SMILES string of the molecule is Cn1ncc2c1C[C@H]1CC[C@H]2[C@H]1O. The molecule has 1 aromatic rings. The number of aliphatic hydroxyl groups is 1. The Morgan fingerprint density at radius 2 is 2.38 bits per heavy atom. The van der Waals surface area contributed by atoms with Crippen molar-refractivity contribution in [2.75, 3.05) is 0 Å². The zero-order valence-electron chi connectivity index (χ0n) is 7.77. The van der Waals surface area contributed by atoms with E-state index in [0.717, 1.165) is 12.8 Å². The van der Waals surface area contributed by atoms with E-state index in [1.165, 1.54) is 17.7 Å². The smallest absolute Gasteiger partial charge is 0.0641 e. The summed E-state index contributed by atoms with van der Waals surface area (Å²) in [6.07, 6.45) is 5.18.